The van der Waals surface area contributed by atoms with Gasteiger partial charge in [0.15, 0.2) is 0 Å². The van der Waals surface area contributed by atoms with Crippen LogP contribution in [0.15, 0.2) is 97.1 Å². The molecule has 0 amide bonds. The van der Waals surface area contributed by atoms with E-state index in [-0.39, 0.29) is 12.8 Å². The predicted octanol–water partition coefficient (Wildman–Crippen LogP) is 15.7. The molecule has 0 N–H and O–H groups in total. The molecule has 0 fully saturated rings. The number of fused-ring (bicyclic) bond motifs is 2. The quantitative estimate of drug-likeness (QED) is 0.0800. The molecule has 2 heterocycles. The molecule has 0 spiro atoms. The van der Waals surface area contributed by atoms with Gasteiger partial charge in [0, 0.05) is 50.1 Å². The average molecular weight is 940 g/mol. The number of hydrogen-bond acceptors (Lipinski definition) is 8. The van der Waals surface area contributed by atoms with Gasteiger partial charge in [-0.15, -0.1) is 22.7 Å². The number of alkyl halides is 1. The molecule has 0 bridgehead atoms. The Labute approximate surface area is 347 Å². The molecular weight excluding hydrogens is 900 g/mol. The van der Waals surface area contributed by atoms with Gasteiger partial charge in [-0.3, -0.25) is 9.13 Å². The number of thiophene rings is 2. The van der Waals surface area contributed by atoms with Crippen LogP contribution in [0.2, 0.25) is 20.1 Å². The lowest BCUT2D eigenvalue weighted by Gasteiger charge is -2.18. The summed E-state index contributed by atoms with van der Waals surface area (Å²) in [5, 5.41) is 5.39. The van der Waals surface area contributed by atoms with Gasteiger partial charge in [-0.2, -0.15) is 0 Å². The molecule has 0 aliphatic carbocycles. The van der Waals surface area contributed by atoms with Crippen molar-refractivity contribution < 1.29 is 27.2 Å². The van der Waals surface area contributed by atoms with E-state index in [0.29, 0.717) is 57.0 Å². The van der Waals surface area contributed by atoms with Crippen LogP contribution in [0.1, 0.15) is 41.7 Å². The average Bonchev–Trinajstić information content (AvgIpc) is 3.71. The van der Waals surface area contributed by atoms with Crippen LogP contribution in [0.5, 0.6) is 0 Å². The Kier molecular flexibility index (Phi) is 18.4. The van der Waals surface area contributed by atoms with E-state index in [9.17, 15) is 9.13 Å². The second kappa shape index (κ2) is 21.9. The third-order valence-corrected chi connectivity index (χ3v) is 15.9. The number of hydrogen-bond donors (Lipinski definition) is 0. The van der Waals surface area contributed by atoms with Crippen LogP contribution in [0.4, 0.5) is 0 Å². The van der Waals surface area contributed by atoms with Crippen LogP contribution in [0.3, 0.4) is 0 Å². The predicted molar refractivity (Wildman–Crippen MR) is 231 cm³/mol. The van der Waals surface area contributed by atoms with Gasteiger partial charge in [-0.1, -0.05) is 111 Å². The molecule has 284 valence electrons. The van der Waals surface area contributed by atoms with Crippen molar-refractivity contribution in [1.82, 2.24) is 0 Å². The SMILES string of the molecule is CCOP(=O)(Cc1cc2ccccc2s1)OCC.CCOP(=O)(Cc1cc2ccccc2s1)OCc1c(Cl)cccc1Cl.Clc1cccc(Cl)c1CBr. The summed E-state index contributed by atoms with van der Waals surface area (Å²) >= 11 is 30.5. The first-order valence-electron chi connectivity index (χ1n) is 16.6. The Morgan fingerprint density at radius 1 is 0.547 bits per heavy atom. The fourth-order valence-electron chi connectivity index (χ4n) is 4.95. The van der Waals surface area contributed by atoms with E-state index >= 15 is 0 Å². The smallest absolute Gasteiger partial charge is 0.309 e. The highest BCUT2D eigenvalue weighted by molar-refractivity contribution is 9.08. The van der Waals surface area contributed by atoms with E-state index in [2.05, 4.69) is 34.1 Å². The van der Waals surface area contributed by atoms with Crippen molar-refractivity contribution in [3.63, 3.8) is 0 Å². The number of rotatable bonds is 14. The number of halogens is 5. The molecule has 4 aromatic carbocycles. The van der Waals surface area contributed by atoms with Crippen molar-refractivity contribution in [2.75, 3.05) is 19.8 Å². The summed E-state index contributed by atoms with van der Waals surface area (Å²) < 4.78 is 49.7. The number of benzene rings is 4. The van der Waals surface area contributed by atoms with E-state index < -0.39 is 15.2 Å². The largest absolute Gasteiger partial charge is 0.336 e. The van der Waals surface area contributed by atoms with Crippen molar-refractivity contribution in [2.24, 2.45) is 0 Å². The summed E-state index contributed by atoms with van der Waals surface area (Å²) in [6.45, 7) is 6.61. The lowest BCUT2D eigenvalue weighted by atomic mass is 10.2. The molecule has 6 rings (SSSR count). The second-order valence-electron chi connectivity index (χ2n) is 11.1. The monoisotopic (exact) mass is 936 g/mol. The van der Waals surface area contributed by atoms with Crippen molar-refractivity contribution in [2.45, 2.75) is 45.0 Å². The summed E-state index contributed by atoms with van der Waals surface area (Å²) in [5.41, 5.74) is 1.56. The van der Waals surface area contributed by atoms with Gasteiger partial charge in [0.25, 0.3) is 0 Å². The maximum Gasteiger partial charge on any atom is 0.336 e. The minimum Gasteiger partial charge on any atom is -0.309 e. The molecule has 1 unspecified atom stereocenters. The van der Waals surface area contributed by atoms with Crippen molar-refractivity contribution >= 4 is 120 Å². The first kappa shape index (κ1) is 44.5. The molecule has 0 saturated carbocycles. The van der Waals surface area contributed by atoms with E-state index in [1.807, 2.05) is 74.5 Å². The first-order chi connectivity index (χ1) is 25.4. The van der Waals surface area contributed by atoms with Crippen LogP contribution in [0.25, 0.3) is 20.2 Å². The Hall–Kier alpha value is -1.26. The zero-order chi connectivity index (χ0) is 38.4. The maximum atomic E-state index is 13.1. The van der Waals surface area contributed by atoms with Crippen LogP contribution in [0, 0.1) is 0 Å². The summed E-state index contributed by atoms with van der Waals surface area (Å²) in [7, 11) is -6.29. The van der Waals surface area contributed by atoms with E-state index in [1.165, 1.54) is 10.1 Å². The molecule has 15 heteroatoms. The molecule has 0 aliphatic heterocycles. The molecule has 0 aliphatic rings. The fraction of sp³-hybridized carbons (Fsp3) is 0.263. The molecule has 1 atom stereocenters. The Morgan fingerprint density at radius 3 is 1.28 bits per heavy atom. The highest BCUT2D eigenvalue weighted by Gasteiger charge is 2.27. The zero-order valence-corrected chi connectivity index (χ0v) is 37.3. The molecule has 0 radical (unpaired) electrons. The molecule has 6 nitrogen and oxygen atoms in total. The fourth-order valence-corrected chi connectivity index (χ4v) is 13.1. The lowest BCUT2D eigenvalue weighted by Crippen LogP contribution is -2.00. The van der Waals surface area contributed by atoms with Crippen molar-refractivity contribution in [3.05, 3.63) is 138 Å². The van der Waals surface area contributed by atoms with Crippen molar-refractivity contribution in [1.29, 1.82) is 0 Å². The standard InChI is InChI=1S/C18H17Cl2O3PS.C13H17O3PS.C7H5BrCl2/c1-2-22-24(21,23-11-15-16(19)7-5-8-17(15)20)12-14-10-13-6-3-4-9-18(13)25-14;1-3-15-17(14,16-4-2)10-12-9-11-7-5-6-8-13(11)18-12;8-4-5-6(9)2-1-3-7(5)10/h3-10H,2,11-12H2,1H3;5-9H,3-4,10H2,1-2H3;1-3H,4H2. The third kappa shape index (κ3) is 13.4. The summed E-state index contributed by atoms with van der Waals surface area (Å²) in [6, 6.07) is 30.9. The zero-order valence-electron chi connectivity index (χ0n) is 29.2. The minimum absolute atomic E-state index is 0.0423. The highest BCUT2D eigenvalue weighted by Crippen LogP contribution is 2.54. The van der Waals surface area contributed by atoms with Crippen molar-refractivity contribution in [3.8, 4) is 0 Å². The van der Waals surface area contributed by atoms with Gasteiger partial charge in [-0.05, 0) is 85.6 Å². The molecule has 53 heavy (non-hydrogen) atoms. The van der Waals surface area contributed by atoms with E-state index in [4.69, 9.17) is 64.5 Å². The van der Waals surface area contributed by atoms with Gasteiger partial charge in [0.05, 0.1) is 38.8 Å². The normalized spacial score (nSPS) is 12.5. The summed E-state index contributed by atoms with van der Waals surface area (Å²) in [5.74, 6) is 0. The van der Waals surface area contributed by atoms with Gasteiger partial charge < -0.3 is 18.1 Å². The first-order valence-corrected chi connectivity index (χ1v) is 24.3. The van der Waals surface area contributed by atoms with E-state index in [1.54, 1.807) is 47.8 Å². The Morgan fingerprint density at radius 2 is 0.925 bits per heavy atom. The molecule has 0 saturated heterocycles. The van der Waals surface area contributed by atoms with Gasteiger partial charge in [0.2, 0.25) is 0 Å². The highest BCUT2D eigenvalue weighted by atomic mass is 79.9. The topological polar surface area (TPSA) is 71.1 Å². The Balaban J connectivity index is 0.000000195. The summed E-state index contributed by atoms with van der Waals surface area (Å²) in [6.07, 6.45) is 0.580. The third-order valence-electron chi connectivity index (χ3n) is 7.29. The van der Waals surface area contributed by atoms with Crippen LogP contribution < -0.4 is 0 Å². The minimum atomic E-state index is -3.31. The molecule has 6 aromatic rings. The molecular formula is C38H39BrCl4O6P2S2. The summed E-state index contributed by atoms with van der Waals surface area (Å²) in [4.78, 5) is 2.00. The second-order valence-corrected chi connectivity index (χ2v) is 19.7. The van der Waals surface area contributed by atoms with Crippen LogP contribution in [-0.4, -0.2) is 19.8 Å². The van der Waals surface area contributed by atoms with E-state index in [0.717, 1.165) is 25.4 Å². The van der Waals surface area contributed by atoms with Gasteiger partial charge >= 0.3 is 15.2 Å². The lowest BCUT2D eigenvalue weighted by molar-refractivity contribution is 0.204. The molecule has 2 aromatic heterocycles. The van der Waals surface area contributed by atoms with Crippen LogP contribution in [-0.2, 0) is 51.5 Å². The van der Waals surface area contributed by atoms with Crippen LogP contribution >= 0.6 is 100 Å². The van der Waals surface area contributed by atoms with Gasteiger partial charge in [-0.25, -0.2) is 0 Å². The maximum absolute atomic E-state index is 13.1. The van der Waals surface area contributed by atoms with Gasteiger partial charge in [0.1, 0.15) is 0 Å². The Bertz CT molecular complexity index is 2060.